The number of likely N-dealkylation sites (tertiary alicyclic amines) is 1. The fourth-order valence-electron chi connectivity index (χ4n) is 4.55. The van der Waals surface area contributed by atoms with Crippen molar-refractivity contribution in [2.24, 2.45) is 5.92 Å². The minimum atomic E-state index is -0.396. The second kappa shape index (κ2) is 7.89. The van der Waals surface area contributed by atoms with Gasteiger partial charge in [-0.15, -0.1) is 0 Å². The lowest BCUT2D eigenvalue weighted by Crippen LogP contribution is -2.51. The van der Waals surface area contributed by atoms with E-state index < -0.39 is 6.10 Å². The van der Waals surface area contributed by atoms with Crippen LogP contribution in [0.5, 0.6) is 5.88 Å². The van der Waals surface area contributed by atoms with Crippen molar-refractivity contribution in [3.8, 4) is 5.88 Å². The quantitative estimate of drug-likeness (QED) is 0.623. The number of methoxy groups -OCH3 is 1. The molecule has 0 bridgehead atoms. The Morgan fingerprint density at radius 3 is 2.68 bits per heavy atom. The maximum atomic E-state index is 12.8. The van der Waals surface area contributed by atoms with Crippen molar-refractivity contribution in [2.45, 2.75) is 37.8 Å². The Balaban J connectivity index is 1.40. The number of aromatic nitrogens is 1. The van der Waals surface area contributed by atoms with Gasteiger partial charge in [0.15, 0.2) is 5.78 Å². The van der Waals surface area contributed by atoms with Crippen LogP contribution in [0.1, 0.15) is 34.3 Å². The van der Waals surface area contributed by atoms with Gasteiger partial charge in [-0.05, 0) is 55.6 Å². The van der Waals surface area contributed by atoms with Crippen LogP contribution >= 0.6 is 0 Å². The molecule has 148 valence electrons. The molecule has 6 nitrogen and oxygen atoms in total. The number of aliphatic hydroxyl groups is 1. The lowest BCUT2D eigenvalue weighted by Gasteiger charge is -2.42. The smallest absolute Gasteiger partial charge is 0.212 e. The van der Waals surface area contributed by atoms with Gasteiger partial charge in [0.05, 0.1) is 13.2 Å². The van der Waals surface area contributed by atoms with Crippen molar-refractivity contribution in [3.05, 3.63) is 53.2 Å². The van der Waals surface area contributed by atoms with Crippen molar-refractivity contribution in [2.75, 3.05) is 25.9 Å². The monoisotopic (exact) mass is 381 g/mol. The van der Waals surface area contributed by atoms with E-state index in [0.717, 1.165) is 43.6 Å². The number of carbonyl (C=O) groups is 1. The van der Waals surface area contributed by atoms with Gasteiger partial charge in [0.2, 0.25) is 5.88 Å². The number of aliphatic hydroxyl groups excluding tert-OH is 1. The molecule has 4 rings (SSSR count). The number of benzene rings is 1. The van der Waals surface area contributed by atoms with E-state index in [-0.39, 0.29) is 17.7 Å². The molecule has 1 fully saturated rings. The first-order valence-electron chi connectivity index (χ1n) is 9.89. The summed E-state index contributed by atoms with van der Waals surface area (Å²) in [4.78, 5) is 19.3. The highest BCUT2D eigenvalue weighted by atomic mass is 16.5. The average molecular weight is 381 g/mol. The summed E-state index contributed by atoms with van der Waals surface area (Å²) in [7, 11) is 1.56. The summed E-state index contributed by atoms with van der Waals surface area (Å²) in [5, 5.41) is 10.7. The van der Waals surface area contributed by atoms with Crippen molar-refractivity contribution >= 4 is 11.5 Å². The van der Waals surface area contributed by atoms with E-state index in [9.17, 15) is 9.90 Å². The molecule has 0 saturated carbocycles. The van der Waals surface area contributed by atoms with Crippen LogP contribution in [0.4, 0.5) is 5.69 Å². The van der Waals surface area contributed by atoms with Crippen LogP contribution in [-0.4, -0.2) is 53.1 Å². The molecule has 0 amide bonds. The van der Waals surface area contributed by atoms with Crippen LogP contribution in [-0.2, 0) is 12.8 Å². The fraction of sp³-hybridized carbons (Fsp3) is 0.455. The molecule has 3 N–H and O–H groups in total. The van der Waals surface area contributed by atoms with E-state index in [4.69, 9.17) is 10.5 Å². The Morgan fingerprint density at radius 1 is 1.21 bits per heavy atom. The second-order valence-electron chi connectivity index (χ2n) is 7.79. The SMILES string of the molecule is COc1ccc(C(=O)C2CCN([C@H]3Cc4c(N)cccc4C[C@@H]3O)CC2)cn1. The first-order chi connectivity index (χ1) is 13.6. The average Bonchev–Trinajstić information content (AvgIpc) is 2.73. The van der Waals surface area contributed by atoms with E-state index in [1.54, 1.807) is 25.4 Å². The van der Waals surface area contributed by atoms with Gasteiger partial charge in [-0.3, -0.25) is 9.69 Å². The number of piperidine rings is 1. The Hall–Kier alpha value is -2.44. The molecule has 1 aromatic carbocycles. The number of ketones is 1. The molecule has 0 spiro atoms. The highest BCUT2D eigenvalue weighted by molar-refractivity contribution is 5.97. The highest BCUT2D eigenvalue weighted by Gasteiger charge is 2.35. The minimum Gasteiger partial charge on any atom is -0.481 e. The number of pyridine rings is 1. The summed E-state index contributed by atoms with van der Waals surface area (Å²) in [6, 6.07) is 9.51. The van der Waals surface area contributed by atoms with Crippen LogP contribution < -0.4 is 10.5 Å². The number of anilines is 1. The number of rotatable bonds is 4. The highest BCUT2D eigenvalue weighted by Crippen LogP contribution is 2.31. The topological polar surface area (TPSA) is 88.7 Å². The first-order valence-corrected chi connectivity index (χ1v) is 9.89. The first kappa shape index (κ1) is 18.9. The summed E-state index contributed by atoms with van der Waals surface area (Å²) >= 11 is 0. The zero-order chi connectivity index (χ0) is 19.7. The number of nitrogen functional groups attached to an aromatic ring is 1. The number of fused-ring (bicyclic) bond motifs is 1. The number of nitrogens with two attached hydrogens (primary N) is 1. The van der Waals surface area contributed by atoms with E-state index in [1.807, 2.05) is 12.1 Å². The predicted molar refractivity (Wildman–Crippen MR) is 107 cm³/mol. The summed E-state index contributed by atoms with van der Waals surface area (Å²) in [5.74, 6) is 0.662. The Labute approximate surface area is 165 Å². The molecule has 0 radical (unpaired) electrons. The molecule has 0 unspecified atom stereocenters. The van der Waals surface area contributed by atoms with Crippen LogP contribution in [0.3, 0.4) is 0 Å². The Morgan fingerprint density at radius 2 is 2.00 bits per heavy atom. The lowest BCUT2D eigenvalue weighted by molar-refractivity contribution is 0.0241. The molecule has 6 heteroatoms. The number of nitrogens with zero attached hydrogens (tertiary/aromatic N) is 2. The molecular weight excluding hydrogens is 354 g/mol. The van der Waals surface area contributed by atoms with Crippen LogP contribution in [0.2, 0.25) is 0 Å². The summed E-state index contributed by atoms with van der Waals surface area (Å²) < 4.78 is 5.06. The van der Waals surface area contributed by atoms with Crippen molar-refractivity contribution < 1.29 is 14.6 Å². The second-order valence-corrected chi connectivity index (χ2v) is 7.79. The minimum absolute atomic E-state index is 0.00420. The third-order valence-corrected chi connectivity index (χ3v) is 6.20. The number of Topliss-reactive ketones (excluding diaryl/α,β-unsaturated/α-hetero) is 1. The largest absolute Gasteiger partial charge is 0.481 e. The van der Waals surface area contributed by atoms with Gasteiger partial charge < -0.3 is 15.6 Å². The number of ether oxygens (including phenoxy) is 1. The van der Waals surface area contributed by atoms with Crippen LogP contribution in [0, 0.1) is 5.92 Å². The van der Waals surface area contributed by atoms with Gasteiger partial charge in [-0.1, -0.05) is 12.1 Å². The molecular formula is C22H27N3O3. The van der Waals surface area contributed by atoms with Crippen molar-refractivity contribution in [1.29, 1.82) is 0 Å². The summed E-state index contributed by atoms with van der Waals surface area (Å²) in [5.41, 5.74) is 9.94. The summed E-state index contributed by atoms with van der Waals surface area (Å²) in [6.45, 7) is 1.62. The van der Waals surface area contributed by atoms with Gasteiger partial charge in [-0.25, -0.2) is 4.98 Å². The van der Waals surface area contributed by atoms with E-state index in [2.05, 4.69) is 16.0 Å². The van der Waals surface area contributed by atoms with E-state index in [0.29, 0.717) is 17.9 Å². The molecule has 2 heterocycles. The van der Waals surface area contributed by atoms with Gasteiger partial charge in [0.25, 0.3) is 0 Å². The van der Waals surface area contributed by atoms with Crippen molar-refractivity contribution in [3.63, 3.8) is 0 Å². The number of hydrogen-bond donors (Lipinski definition) is 2. The van der Waals surface area contributed by atoms with Crippen LogP contribution in [0.15, 0.2) is 36.5 Å². The Bertz CT molecular complexity index is 845. The molecule has 28 heavy (non-hydrogen) atoms. The maximum Gasteiger partial charge on any atom is 0.212 e. The fourth-order valence-corrected chi connectivity index (χ4v) is 4.55. The third-order valence-electron chi connectivity index (χ3n) is 6.20. The van der Waals surface area contributed by atoms with Gasteiger partial charge in [-0.2, -0.15) is 0 Å². The summed E-state index contributed by atoms with van der Waals surface area (Å²) in [6.07, 6.45) is 4.20. The van der Waals surface area contributed by atoms with E-state index in [1.165, 1.54) is 5.56 Å². The number of carbonyl (C=O) groups excluding carboxylic acids is 1. The molecule has 2 aromatic rings. The molecule has 2 atom stereocenters. The molecule has 1 aliphatic carbocycles. The number of hydrogen-bond acceptors (Lipinski definition) is 6. The normalized spacial score (nSPS) is 23.2. The van der Waals surface area contributed by atoms with Crippen LogP contribution in [0.25, 0.3) is 0 Å². The standard InChI is InChI=1S/C22H27N3O3/c1-28-21-6-5-16(13-24-21)22(27)14-7-9-25(10-8-14)19-12-17-15(11-20(19)26)3-2-4-18(17)23/h2-6,13-14,19-20,26H,7-12,23H2,1H3/t19-,20-/m0/s1. The van der Waals surface area contributed by atoms with Crippen molar-refractivity contribution in [1.82, 2.24) is 9.88 Å². The molecule has 1 aromatic heterocycles. The zero-order valence-electron chi connectivity index (χ0n) is 16.2. The van der Waals surface area contributed by atoms with E-state index >= 15 is 0 Å². The van der Waals surface area contributed by atoms with Gasteiger partial charge in [0.1, 0.15) is 0 Å². The Kier molecular flexibility index (Phi) is 5.33. The lowest BCUT2D eigenvalue weighted by atomic mass is 9.82. The molecule has 1 saturated heterocycles. The van der Waals surface area contributed by atoms with Gasteiger partial charge in [0, 0.05) is 41.9 Å². The predicted octanol–water partition coefficient (Wildman–Crippen LogP) is 2.10. The maximum absolute atomic E-state index is 12.8. The van der Waals surface area contributed by atoms with Gasteiger partial charge >= 0.3 is 0 Å². The molecule has 2 aliphatic rings. The zero-order valence-corrected chi connectivity index (χ0v) is 16.2. The third kappa shape index (κ3) is 3.62. The molecule has 1 aliphatic heterocycles.